The molecule has 1 N–H and O–H groups in total. The minimum atomic E-state index is -4.33. The zero-order chi connectivity index (χ0) is 29.0. The Morgan fingerprint density at radius 3 is 2.52 bits per heavy atom. The van der Waals surface area contributed by atoms with Gasteiger partial charge in [-0.05, 0) is 63.6 Å². The van der Waals surface area contributed by atoms with E-state index in [1.54, 1.807) is 24.1 Å². The van der Waals surface area contributed by atoms with E-state index in [1.165, 1.54) is 47.8 Å². The van der Waals surface area contributed by atoms with Crippen molar-refractivity contribution in [1.29, 1.82) is 0 Å². The van der Waals surface area contributed by atoms with Gasteiger partial charge < -0.3 is 15.1 Å². The molecule has 2 amide bonds. The Bertz CT molecular complexity index is 1490. The van der Waals surface area contributed by atoms with Crippen molar-refractivity contribution >= 4 is 39.1 Å². The third-order valence-electron chi connectivity index (χ3n) is 7.00. The first-order valence-electron chi connectivity index (χ1n) is 13.1. The fourth-order valence-corrected chi connectivity index (χ4v) is 6.74. The number of carbonyl (C=O) groups excluding carboxylic acids is 2. The summed E-state index contributed by atoms with van der Waals surface area (Å²) in [6.45, 7) is 4.79. The van der Waals surface area contributed by atoms with E-state index in [-0.39, 0.29) is 45.6 Å². The molecule has 0 atom stereocenters. The van der Waals surface area contributed by atoms with Gasteiger partial charge in [0.2, 0.25) is 11.8 Å². The lowest BCUT2D eigenvalue weighted by atomic mass is 9.94. The van der Waals surface area contributed by atoms with Gasteiger partial charge in [0.1, 0.15) is 16.6 Å². The molecule has 2 aromatic heterocycles. The van der Waals surface area contributed by atoms with Gasteiger partial charge in [0, 0.05) is 55.7 Å². The van der Waals surface area contributed by atoms with Gasteiger partial charge in [-0.25, -0.2) is 16.8 Å². The summed E-state index contributed by atoms with van der Waals surface area (Å²) in [5, 5.41) is 2.99. The molecular formula is C28H33ClFN5O4S. The predicted molar refractivity (Wildman–Crippen MR) is 152 cm³/mol. The number of likely N-dealkylation sites (tertiary alicyclic amines) is 1. The van der Waals surface area contributed by atoms with Crippen molar-refractivity contribution < 1.29 is 22.4 Å². The van der Waals surface area contributed by atoms with Crippen LogP contribution in [0.5, 0.6) is 0 Å². The summed E-state index contributed by atoms with van der Waals surface area (Å²) < 4.78 is 44.4. The summed E-state index contributed by atoms with van der Waals surface area (Å²) in [6, 6.07) is 8.74. The molecule has 3 heterocycles. The fourth-order valence-electron chi connectivity index (χ4n) is 5.05. The second kappa shape index (κ2) is 12.5. The van der Waals surface area contributed by atoms with Crippen molar-refractivity contribution in [3.05, 3.63) is 66.4 Å². The number of nitrogens with zero attached hydrogens (tertiary/aromatic N) is 4. The molecule has 40 heavy (non-hydrogen) atoms. The largest absolute Gasteiger partial charge is 0.342 e. The van der Waals surface area contributed by atoms with Crippen molar-refractivity contribution in [2.45, 2.75) is 44.2 Å². The molecule has 9 nitrogen and oxygen atoms in total. The molecule has 4 rings (SSSR count). The molecule has 0 bridgehead atoms. The minimum Gasteiger partial charge on any atom is -0.342 e. The van der Waals surface area contributed by atoms with E-state index in [0.29, 0.717) is 38.0 Å². The molecular weight excluding hydrogens is 557 g/mol. The molecule has 0 saturated carbocycles. The van der Waals surface area contributed by atoms with Crippen LogP contribution >= 0.6 is 11.6 Å². The number of pyridine rings is 1. The molecule has 1 fully saturated rings. The highest BCUT2D eigenvalue weighted by Gasteiger charge is 2.35. The third kappa shape index (κ3) is 5.91. The number of rotatable bonds is 9. The average Bonchev–Trinajstić information content (AvgIpc) is 3.38. The SMILES string of the molecule is CNCc1cc(-c2ccccc2F)n(S(=O)(=O)c2cnccc2N(C(=O)C2CCN(C(=O)CCl)CC2)C(C)C)c1. The van der Waals surface area contributed by atoms with Gasteiger partial charge in [-0.15, -0.1) is 11.6 Å². The number of amides is 2. The molecule has 214 valence electrons. The number of piperidine rings is 1. The van der Waals surface area contributed by atoms with E-state index < -0.39 is 21.8 Å². The monoisotopic (exact) mass is 589 g/mol. The van der Waals surface area contributed by atoms with Gasteiger partial charge >= 0.3 is 0 Å². The molecule has 1 saturated heterocycles. The van der Waals surface area contributed by atoms with Crippen LogP contribution in [0.2, 0.25) is 0 Å². The van der Waals surface area contributed by atoms with Crippen LogP contribution in [0.1, 0.15) is 32.3 Å². The maximum Gasteiger partial charge on any atom is 0.271 e. The van der Waals surface area contributed by atoms with Gasteiger partial charge in [-0.3, -0.25) is 14.6 Å². The lowest BCUT2D eigenvalue weighted by Crippen LogP contribution is -2.47. The highest BCUT2D eigenvalue weighted by molar-refractivity contribution is 7.90. The number of hydrogen-bond acceptors (Lipinski definition) is 6. The van der Waals surface area contributed by atoms with Gasteiger partial charge in [-0.2, -0.15) is 0 Å². The van der Waals surface area contributed by atoms with E-state index in [0.717, 1.165) is 3.97 Å². The lowest BCUT2D eigenvalue weighted by Gasteiger charge is -2.36. The fraction of sp³-hybridized carbons (Fsp3) is 0.393. The topological polar surface area (TPSA) is 105 Å². The van der Waals surface area contributed by atoms with Gasteiger partial charge in [0.15, 0.2) is 0 Å². The van der Waals surface area contributed by atoms with E-state index in [4.69, 9.17) is 11.6 Å². The van der Waals surface area contributed by atoms with Crippen LogP contribution in [0, 0.1) is 11.7 Å². The quantitative estimate of drug-likeness (QED) is 0.380. The van der Waals surface area contributed by atoms with Crippen molar-refractivity contribution in [1.82, 2.24) is 19.2 Å². The Labute approximate surface area is 239 Å². The first-order chi connectivity index (χ1) is 19.1. The van der Waals surface area contributed by atoms with E-state index in [9.17, 15) is 22.4 Å². The second-order valence-corrected chi connectivity index (χ2v) is 12.0. The van der Waals surface area contributed by atoms with Gasteiger partial charge in [-0.1, -0.05) is 12.1 Å². The van der Waals surface area contributed by atoms with Crippen LogP contribution in [0.15, 0.2) is 59.9 Å². The Kier molecular flexibility index (Phi) is 9.27. The van der Waals surface area contributed by atoms with Crippen molar-refractivity contribution in [2.75, 3.05) is 30.9 Å². The average molecular weight is 590 g/mol. The van der Waals surface area contributed by atoms with Crippen molar-refractivity contribution in [3.63, 3.8) is 0 Å². The molecule has 12 heteroatoms. The Hall–Kier alpha value is -3.28. The number of halogens is 2. The van der Waals surface area contributed by atoms with Crippen LogP contribution in [0.3, 0.4) is 0 Å². The molecule has 1 aliphatic rings. The molecule has 1 aliphatic heterocycles. The number of anilines is 1. The van der Waals surface area contributed by atoms with Gasteiger partial charge in [0.25, 0.3) is 10.0 Å². The van der Waals surface area contributed by atoms with E-state index >= 15 is 0 Å². The molecule has 1 aromatic carbocycles. The smallest absolute Gasteiger partial charge is 0.271 e. The third-order valence-corrected chi connectivity index (χ3v) is 8.92. The van der Waals surface area contributed by atoms with Crippen LogP contribution in [0.25, 0.3) is 11.3 Å². The summed E-state index contributed by atoms with van der Waals surface area (Å²) in [7, 11) is -2.60. The summed E-state index contributed by atoms with van der Waals surface area (Å²) >= 11 is 5.69. The molecule has 0 spiro atoms. The summed E-state index contributed by atoms with van der Waals surface area (Å²) in [5.41, 5.74) is 1.13. The zero-order valence-corrected chi connectivity index (χ0v) is 24.3. The number of carbonyl (C=O) groups is 2. The van der Waals surface area contributed by atoms with Crippen LogP contribution in [0.4, 0.5) is 10.1 Å². The molecule has 0 unspecified atom stereocenters. The van der Waals surface area contributed by atoms with E-state index in [2.05, 4.69) is 10.3 Å². The number of hydrogen-bond donors (Lipinski definition) is 1. The van der Waals surface area contributed by atoms with Crippen LogP contribution < -0.4 is 10.2 Å². The van der Waals surface area contributed by atoms with E-state index in [1.807, 2.05) is 13.8 Å². The standard InChI is InChI=1S/C28H33ClFN5O4S/c1-19(2)35(28(37)21-9-12-33(13-10-21)27(36)15-29)24-8-11-32-17-26(24)40(38,39)34-18-20(16-31-3)14-25(34)22-6-4-5-7-23(22)30/h4-8,11,14,17-19,21,31H,9-10,12-13,15-16H2,1-3H3. The Balaban J connectivity index is 1.76. The number of nitrogens with one attached hydrogen (secondary N) is 1. The number of aromatic nitrogens is 2. The normalized spacial score (nSPS) is 14.5. The molecule has 0 aliphatic carbocycles. The minimum absolute atomic E-state index is 0.112. The van der Waals surface area contributed by atoms with Crippen LogP contribution in [-0.2, 0) is 26.2 Å². The van der Waals surface area contributed by atoms with Gasteiger partial charge in [0.05, 0.1) is 11.4 Å². The highest BCUT2D eigenvalue weighted by Crippen LogP contribution is 2.34. The first-order valence-corrected chi connectivity index (χ1v) is 15.0. The summed E-state index contributed by atoms with van der Waals surface area (Å²) in [5.74, 6) is -1.47. The lowest BCUT2D eigenvalue weighted by molar-refractivity contribution is -0.132. The Morgan fingerprint density at radius 1 is 1.20 bits per heavy atom. The zero-order valence-electron chi connectivity index (χ0n) is 22.7. The Morgan fingerprint density at radius 2 is 1.90 bits per heavy atom. The highest BCUT2D eigenvalue weighted by atomic mass is 35.5. The number of alkyl halides is 1. The molecule has 3 aromatic rings. The van der Waals surface area contributed by atoms with Crippen molar-refractivity contribution in [3.8, 4) is 11.3 Å². The molecule has 0 radical (unpaired) electrons. The second-order valence-electron chi connectivity index (χ2n) is 9.98. The maximum atomic E-state index is 14.8. The van der Waals surface area contributed by atoms with Crippen LogP contribution in [-0.4, -0.2) is 66.1 Å². The predicted octanol–water partition coefficient (Wildman–Crippen LogP) is 3.86. The van der Waals surface area contributed by atoms with Crippen molar-refractivity contribution in [2.24, 2.45) is 5.92 Å². The first kappa shape index (κ1) is 29.7. The summed E-state index contributed by atoms with van der Waals surface area (Å²) in [4.78, 5) is 32.9. The summed E-state index contributed by atoms with van der Waals surface area (Å²) in [6.07, 6.45) is 5.01. The maximum absolute atomic E-state index is 14.8. The number of benzene rings is 1.